The molecule has 0 fully saturated rings. The van der Waals surface area contributed by atoms with Gasteiger partial charge in [-0.15, -0.1) is 0 Å². The van der Waals surface area contributed by atoms with Gasteiger partial charge in [0.05, 0.1) is 0 Å². The smallest absolute Gasteiger partial charge is 0.249 e. The van der Waals surface area contributed by atoms with E-state index in [0.29, 0.717) is 18.4 Å². The summed E-state index contributed by atoms with van der Waals surface area (Å²) in [5.41, 5.74) is 5.86. The highest BCUT2D eigenvalue weighted by molar-refractivity contribution is 5.95. The van der Waals surface area contributed by atoms with Crippen molar-refractivity contribution < 1.29 is 14.7 Å². The minimum atomic E-state index is -0.995. The van der Waals surface area contributed by atoms with Gasteiger partial charge in [-0.2, -0.15) is 0 Å². The second-order valence-electron chi connectivity index (χ2n) is 3.91. The minimum Gasteiger partial charge on any atom is -0.369 e. The van der Waals surface area contributed by atoms with Crippen LogP contribution in [0.25, 0.3) is 0 Å². The Kier molecular flexibility index (Phi) is 4.06. The molecule has 0 aromatic heterocycles. The van der Waals surface area contributed by atoms with Gasteiger partial charge in [-0.3, -0.25) is 14.5 Å². The fraction of sp³-hybridized carbons (Fsp3) is 0.636. The number of carbonyl (C=O) groups is 2. The molecule has 1 aliphatic rings. The largest absolute Gasteiger partial charge is 0.369 e. The minimum absolute atomic E-state index is 0.332. The Bertz CT molecular complexity index is 325. The zero-order valence-electron chi connectivity index (χ0n) is 9.64. The molecule has 2 amide bonds. The maximum absolute atomic E-state index is 11.7. The molecule has 0 saturated heterocycles. The molecule has 3 N–H and O–H groups in total. The Morgan fingerprint density at radius 1 is 1.62 bits per heavy atom. The van der Waals surface area contributed by atoms with Crippen LogP contribution in [0.5, 0.6) is 0 Å². The van der Waals surface area contributed by atoms with Gasteiger partial charge in [0, 0.05) is 6.08 Å². The number of hydrogen-bond acceptors (Lipinski definition) is 3. The highest BCUT2D eigenvalue weighted by Crippen LogP contribution is 2.24. The number of nitrogens with two attached hydrogens (primary N) is 1. The number of hydrogen-bond donors (Lipinski definition) is 2. The first-order valence-corrected chi connectivity index (χ1v) is 5.53. The van der Waals surface area contributed by atoms with E-state index in [1.165, 1.54) is 6.08 Å². The molecular weight excluding hydrogens is 208 g/mol. The Hall–Kier alpha value is -1.36. The normalized spacial score (nSPS) is 22.2. The van der Waals surface area contributed by atoms with Crippen LogP contribution < -0.4 is 5.73 Å². The monoisotopic (exact) mass is 226 g/mol. The average Bonchev–Trinajstić information content (AvgIpc) is 2.47. The molecule has 0 saturated carbocycles. The topological polar surface area (TPSA) is 83.6 Å². The molecule has 0 spiro atoms. The highest BCUT2D eigenvalue weighted by Gasteiger charge is 2.37. The maximum Gasteiger partial charge on any atom is 0.249 e. The molecule has 1 rings (SSSR count). The van der Waals surface area contributed by atoms with Crippen molar-refractivity contribution in [2.45, 2.75) is 45.4 Å². The molecule has 0 bridgehead atoms. The molecule has 0 aromatic carbocycles. The van der Waals surface area contributed by atoms with Crippen molar-refractivity contribution in [3.63, 3.8) is 0 Å². The fourth-order valence-electron chi connectivity index (χ4n) is 1.96. The number of rotatable bonds is 5. The van der Waals surface area contributed by atoms with E-state index in [0.717, 1.165) is 11.3 Å². The third kappa shape index (κ3) is 2.24. The molecule has 5 nitrogen and oxygen atoms in total. The number of primary amides is 1. The third-order valence-corrected chi connectivity index (χ3v) is 2.75. The standard InChI is InChI=1S/C11H18N2O3/c1-3-5-7-6-9(14)13(11(7)16)8(4-2)10(12)15/h6,8,11,16H,3-5H2,1-2H3,(H2,12,15)/t8-,11?/m0/s1. The van der Waals surface area contributed by atoms with Crippen LogP contribution in [0.2, 0.25) is 0 Å². The second-order valence-corrected chi connectivity index (χ2v) is 3.91. The molecular formula is C11H18N2O3. The van der Waals surface area contributed by atoms with Gasteiger partial charge in [-0.25, -0.2) is 0 Å². The van der Waals surface area contributed by atoms with E-state index in [2.05, 4.69) is 0 Å². The maximum atomic E-state index is 11.7. The van der Waals surface area contributed by atoms with E-state index >= 15 is 0 Å². The average molecular weight is 226 g/mol. The number of carbonyl (C=O) groups excluding carboxylic acids is 2. The number of aliphatic hydroxyl groups is 1. The number of nitrogens with zero attached hydrogens (tertiary/aromatic N) is 1. The van der Waals surface area contributed by atoms with Crippen molar-refractivity contribution in [1.29, 1.82) is 0 Å². The third-order valence-electron chi connectivity index (χ3n) is 2.75. The number of aliphatic hydroxyl groups excluding tert-OH is 1. The lowest BCUT2D eigenvalue weighted by molar-refractivity contribution is -0.142. The first kappa shape index (κ1) is 12.7. The van der Waals surface area contributed by atoms with E-state index in [1.807, 2.05) is 6.92 Å². The van der Waals surface area contributed by atoms with Crippen LogP contribution in [-0.2, 0) is 9.59 Å². The predicted octanol–water partition coefficient (Wildman–Crippen LogP) is 0.137. The number of amides is 2. The highest BCUT2D eigenvalue weighted by atomic mass is 16.3. The first-order valence-electron chi connectivity index (χ1n) is 5.53. The van der Waals surface area contributed by atoms with Gasteiger partial charge < -0.3 is 10.8 Å². The fourth-order valence-corrected chi connectivity index (χ4v) is 1.96. The van der Waals surface area contributed by atoms with E-state index in [1.54, 1.807) is 6.92 Å². The Morgan fingerprint density at radius 2 is 2.25 bits per heavy atom. The summed E-state index contributed by atoms with van der Waals surface area (Å²) in [6.07, 6.45) is 2.31. The first-order chi connectivity index (χ1) is 7.52. The van der Waals surface area contributed by atoms with Crippen molar-refractivity contribution >= 4 is 11.8 Å². The predicted molar refractivity (Wildman–Crippen MR) is 59.1 cm³/mol. The Labute approximate surface area is 94.9 Å². The summed E-state index contributed by atoms with van der Waals surface area (Å²) in [5.74, 6) is -0.914. The zero-order chi connectivity index (χ0) is 12.3. The molecule has 5 heteroatoms. The molecule has 2 atom stereocenters. The van der Waals surface area contributed by atoms with E-state index in [-0.39, 0.29) is 5.91 Å². The van der Waals surface area contributed by atoms with Gasteiger partial charge in [0.15, 0.2) is 6.23 Å². The van der Waals surface area contributed by atoms with Crippen LogP contribution in [0.3, 0.4) is 0 Å². The summed E-state index contributed by atoms with van der Waals surface area (Å²) in [6.45, 7) is 3.72. The summed E-state index contributed by atoms with van der Waals surface area (Å²) in [6, 6.07) is -0.729. The van der Waals surface area contributed by atoms with Gasteiger partial charge in [0.1, 0.15) is 6.04 Å². The second kappa shape index (κ2) is 5.12. The molecule has 0 aliphatic carbocycles. The van der Waals surface area contributed by atoms with Crippen molar-refractivity contribution in [2.24, 2.45) is 5.73 Å². The summed E-state index contributed by atoms with van der Waals surface area (Å²) in [5, 5.41) is 9.93. The van der Waals surface area contributed by atoms with Crippen LogP contribution in [0.15, 0.2) is 11.6 Å². The zero-order valence-corrected chi connectivity index (χ0v) is 9.64. The van der Waals surface area contributed by atoms with Crippen LogP contribution in [0.1, 0.15) is 33.1 Å². The quantitative estimate of drug-likeness (QED) is 0.699. The van der Waals surface area contributed by atoms with Crippen molar-refractivity contribution in [1.82, 2.24) is 4.90 Å². The molecule has 0 radical (unpaired) electrons. The van der Waals surface area contributed by atoms with Crippen LogP contribution in [0.4, 0.5) is 0 Å². The van der Waals surface area contributed by atoms with Gasteiger partial charge >= 0.3 is 0 Å². The Balaban J connectivity index is 2.85. The van der Waals surface area contributed by atoms with Gasteiger partial charge in [0.25, 0.3) is 0 Å². The summed E-state index contributed by atoms with van der Waals surface area (Å²) in [4.78, 5) is 24.0. The van der Waals surface area contributed by atoms with Crippen LogP contribution in [-0.4, -0.2) is 34.1 Å². The molecule has 0 aromatic rings. The lowest BCUT2D eigenvalue weighted by Gasteiger charge is -2.28. The van der Waals surface area contributed by atoms with Gasteiger partial charge in [-0.05, 0) is 18.4 Å². The van der Waals surface area contributed by atoms with Crippen LogP contribution in [0, 0.1) is 0 Å². The molecule has 1 aliphatic heterocycles. The summed E-state index contributed by atoms with van der Waals surface area (Å²) in [7, 11) is 0. The molecule has 1 heterocycles. The van der Waals surface area contributed by atoms with Crippen molar-refractivity contribution in [3.8, 4) is 0 Å². The van der Waals surface area contributed by atoms with E-state index in [9.17, 15) is 14.7 Å². The van der Waals surface area contributed by atoms with Crippen molar-refractivity contribution in [3.05, 3.63) is 11.6 Å². The molecule has 1 unspecified atom stereocenters. The van der Waals surface area contributed by atoms with Gasteiger partial charge in [-0.1, -0.05) is 20.3 Å². The summed E-state index contributed by atoms with van der Waals surface area (Å²) < 4.78 is 0. The lowest BCUT2D eigenvalue weighted by atomic mass is 10.1. The van der Waals surface area contributed by atoms with E-state index < -0.39 is 18.2 Å². The summed E-state index contributed by atoms with van der Waals surface area (Å²) >= 11 is 0. The molecule has 90 valence electrons. The van der Waals surface area contributed by atoms with Crippen molar-refractivity contribution in [2.75, 3.05) is 0 Å². The van der Waals surface area contributed by atoms with Gasteiger partial charge in [0.2, 0.25) is 11.8 Å². The molecule has 16 heavy (non-hydrogen) atoms. The SMILES string of the molecule is CCCC1=CC(=O)N([C@@H](CC)C(N)=O)C1O. The van der Waals surface area contributed by atoms with E-state index in [4.69, 9.17) is 5.73 Å². The lowest BCUT2D eigenvalue weighted by Crippen LogP contribution is -2.49. The Morgan fingerprint density at radius 3 is 2.69 bits per heavy atom. The van der Waals surface area contributed by atoms with Crippen LogP contribution >= 0.6 is 0 Å².